The van der Waals surface area contributed by atoms with Crippen molar-refractivity contribution in [3.63, 3.8) is 0 Å². The van der Waals surface area contributed by atoms with Gasteiger partial charge in [0.1, 0.15) is 0 Å². The molecule has 0 aliphatic rings. The van der Waals surface area contributed by atoms with E-state index >= 15 is 0 Å². The number of hydrogen-bond acceptors (Lipinski definition) is 1. The number of halogens is 4. The zero-order valence-electron chi connectivity index (χ0n) is 13.0. The van der Waals surface area contributed by atoms with Crippen LogP contribution >= 0.6 is 22.9 Å². The highest BCUT2D eigenvalue weighted by atomic mass is 35.5. The fraction of sp³-hybridized carbons (Fsp3) is 0.412. The zero-order chi connectivity index (χ0) is 16.9. The molecular formula is C17H20ClF3S. The van der Waals surface area contributed by atoms with Crippen molar-refractivity contribution >= 4 is 22.9 Å². The van der Waals surface area contributed by atoms with Crippen molar-refractivity contribution in [3.8, 4) is 0 Å². The molecule has 0 aliphatic carbocycles. The van der Waals surface area contributed by atoms with Gasteiger partial charge in [-0.15, -0.1) is 11.3 Å². The Morgan fingerprint density at radius 3 is 1.95 bits per heavy atom. The van der Waals surface area contributed by atoms with E-state index in [4.69, 9.17) is 11.6 Å². The van der Waals surface area contributed by atoms with E-state index in [1.807, 2.05) is 19.9 Å². The Balaban J connectivity index is 0.000000235. The lowest BCUT2D eigenvalue weighted by molar-refractivity contribution is -0.137. The van der Waals surface area contributed by atoms with E-state index in [9.17, 15) is 13.2 Å². The van der Waals surface area contributed by atoms with Gasteiger partial charge in [0.2, 0.25) is 0 Å². The molecule has 22 heavy (non-hydrogen) atoms. The van der Waals surface area contributed by atoms with Crippen molar-refractivity contribution in [2.75, 3.05) is 0 Å². The second kappa shape index (κ2) is 8.02. The van der Waals surface area contributed by atoms with Gasteiger partial charge in [0.25, 0.3) is 0 Å². The molecule has 1 heterocycles. The van der Waals surface area contributed by atoms with E-state index in [1.165, 1.54) is 17.0 Å². The van der Waals surface area contributed by atoms with Crippen molar-refractivity contribution in [2.24, 2.45) is 0 Å². The highest BCUT2D eigenvalue weighted by molar-refractivity contribution is 7.16. The van der Waals surface area contributed by atoms with Gasteiger partial charge in [0, 0.05) is 4.88 Å². The third-order valence-electron chi connectivity index (χ3n) is 3.04. The van der Waals surface area contributed by atoms with Gasteiger partial charge < -0.3 is 0 Å². The molecule has 0 spiro atoms. The lowest BCUT2D eigenvalue weighted by Crippen LogP contribution is -2.05. The first kappa shape index (κ1) is 19.0. The average molecular weight is 349 g/mol. The van der Waals surface area contributed by atoms with E-state index in [-0.39, 0.29) is 5.92 Å². The molecule has 5 heteroatoms. The van der Waals surface area contributed by atoms with Crippen LogP contribution in [-0.4, -0.2) is 0 Å². The van der Waals surface area contributed by atoms with Gasteiger partial charge in [-0.25, -0.2) is 0 Å². The van der Waals surface area contributed by atoms with Crippen LogP contribution in [0.2, 0.25) is 4.34 Å². The summed E-state index contributed by atoms with van der Waals surface area (Å²) in [6.07, 6.45) is -4.23. The summed E-state index contributed by atoms with van der Waals surface area (Å²) >= 11 is 7.38. The molecule has 2 rings (SSSR count). The number of alkyl halides is 3. The van der Waals surface area contributed by atoms with Crippen molar-refractivity contribution in [2.45, 2.75) is 45.7 Å². The first-order chi connectivity index (χ1) is 10.1. The fourth-order valence-electron chi connectivity index (χ4n) is 1.71. The van der Waals surface area contributed by atoms with E-state index in [0.717, 1.165) is 16.0 Å². The standard InChI is InChI=1S/C10H11F3.C7H9ClS/c1-7(2)8-4-3-5-9(6-8)10(11,12)13;1-5(2)6-3-4-7(8)9-6/h3-7H,1-2H3;3-5H,1-2H3. The first-order valence-corrected chi connectivity index (χ1v) is 8.23. The maximum atomic E-state index is 12.2. The minimum Gasteiger partial charge on any atom is -0.166 e. The summed E-state index contributed by atoms with van der Waals surface area (Å²) in [7, 11) is 0. The number of rotatable bonds is 2. The van der Waals surface area contributed by atoms with Crippen LogP contribution in [0.25, 0.3) is 0 Å². The maximum absolute atomic E-state index is 12.2. The van der Waals surface area contributed by atoms with Crippen LogP contribution < -0.4 is 0 Å². The highest BCUT2D eigenvalue weighted by Gasteiger charge is 2.30. The van der Waals surface area contributed by atoms with Crippen LogP contribution in [0, 0.1) is 0 Å². The van der Waals surface area contributed by atoms with Gasteiger partial charge in [0.05, 0.1) is 9.90 Å². The Hall–Kier alpha value is -1.00. The molecule has 0 N–H and O–H groups in total. The average Bonchev–Trinajstić information content (AvgIpc) is 2.85. The summed E-state index contributed by atoms with van der Waals surface area (Å²) in [5, 5.41) is 0. The largest absolute Gasteiger partial charge is 0.416 e. The molecule has 0 unspecified atom stereocenters. The van der Waals surface area contributed by atoms with E-state index in [0.29, 0.717) is 5.92 Å². The normalized spacial score (nSPS) is 11.5. The minimum absolute atomic E-state index is 0.127. The third-order valence-corrected chi connectivity index (χ3v) is 4.58. The molecule has 0 aliphatic heterocycles. The van der Waals surface area contributed by atoms with E-state index in [1.54, 1.807) is 17.4 Å². The predicted octanol–water partition coefficient (Wildman–Crippen LogP) is 7.35. The molecule has 0 saturated heterocycles. The number of benzene rings is 1. The predicted molar refractivity (Wildman–Crippen MR) is 89.0 cm³/mol. The van der Waals surface area contributed by atoms with Gasteiger partial charge in [0.15, 0.2) is 0 Å². The molecule has 2 aromatic rings. The third kappa shape index (κ3) is 6.01. The second-order valence-corrected chi connectivity index (χ2v) is 7.32. The molecule has 0 amide bonds. The van der Waals surface area contributed by atoms with Gasteiger partial charge in [-0.1, -0.05) is 57.5 Å². The lowest BCUT2D eigenvalue weighted by Gasteiger charge is -2.10. The van der Waals surface area contributed by atoms with Crippen LogP contribution in [0.4, 0.5) is 13.2 Å². The Labute approximate surface area is 138 Å². The molecule has 122 valence electrons. The van der Waals surface area contributed by atoms with Crippen LogP contribution in [0.1, 0.15) is 55.5 Å². The summed E-state index contributed by atoms with van der Waals surface area (Å²) in [5.74, 6) is 0.741. The van der Waals surface area contributed by atoms with Gasteiger partial charge in [-0.3, -0.25) is 0 Å². The molecule has 1 aromatic carbocycles. The summed E-state index contributed by atoms with van der Waals surface area (Å²) < 4.78 is 37.6. The number of thiophene rings is 1. The van der Waals surface area contributed by atoms with Crippen LogP contribution in [-0.2, 0) is 6.18 Å². The molecule has 0 atom stereocenters. The fourth-order valence-corrected chi connectivity index (χ4v) is 2.78. The summed E-state index contributed by atoms with van der Waals surface area (Å²) in [5.41, 5.74) is 0.147. The topological polar surface area (TPSA) is 0 Å². The zero-order valence-corrected chi connectivity index (χ0v) is 14.6. The van der Waals surface area contributed by atoms with Crippen LogP contribution in [0.15, 0.2) is 36.4 Å². The Morgan fingerprint density at radius 2 is 1.59 bits per heavy atom. The molecule has 0 saturated carbocycles. The van der Waals surface area contributed by atoms with Gasteiger partial charge >= 0.3 is 6.18 Å². The van der Waals surface area contributed by atoms with Crippen molar-refractivity contribution in [1.82, 2.24) is 0 Å². The van der Waals surface area contributed by atoms with Crippen LogP contribution in [0.5, 0.6) is 0 Å². The number of hydrogen-bond donors (Lipinski definition) is 0. The van der Waals surface area contributed by atoms with Crippen LogP contribution in [0.3, 0.4) is 0 Å². The van der Waals surface area contributed by atoms with E-state index in [2.05, 4.69) is 19.9 Å². The Morgan fingerprint density at radius 1 is 0.955 bits per heavy atom. The molecule has 0 fully saturated rings. The molecule has 1 aromatic heterocycles. The lowest BCUT2D eigenvalue weighted by atomic mass is 10.0. The van der Waals surface area contributed by atoms with Gasteiger partial charge in [-0.05, 0) is 35.6 Å². The van der Waals surface area contributed by atoms with Crippen molar-refractivity contribution in [1.29, 1.82) is 0 Å². The molecule has 0 bridgehead atoms. The summed E-state index contributed by atoms with van der Waals surface area (Å²) in [4.78, 5) is 1.36. The van der Waals surface area contributed by atoms with Crippen molar-refractivity contribution < 1.29 is 13.2 Å². The molecular weight excluding hydrogens is 329 g/mol. The Kier molecular flexibility index (Phi) is 6.95. The quantitative estimate of drug-likeness (QED) is 0.532. The van der Waals surface area contributed by atoms with E-state index < -0.39 is 11.7 Å². The SMILES string of the molecule is CC(C)c1ccc(Cl)s1.CC(C)c1cccc(C(F)(F)F)c1. The monoisotopic (exact) mass is 348 g/mol. The smallest absolute Gasteiger partial charge is 0.166 e. The molecule has 0 radical (unpaired) electrons. The summed E-state index contributed by atoms with van der Waals surface area (Å²) in [6.45, 7) is 8.08. The van der Waals surface area contributed by atoms with Gasteiger partial charge in [-0.2, -0.15) is 13.2 Å². The molecule has 0 nitrogen and oxygen atoms in total. The second-order valence-electron chi connectivity index (χ2n) is 5.57. The van der Waals surface area contributed by atoms with Crippen molar-refractivity contribution in [3.05, 3.63) is 56.7 Å². The maximum Gasteiger partial charge on any atom is 0.416 e. The Bertz CT molecular complexity index is 586. The summed E-state index contributed by atoms with van der Waals surface area (Å²) in [6, 6.07) is 9.47. The minimum atomic E-state index is -4.23. The first-order valence-electron chi connectivity index (χ1n) is 7.03. The highest BCUT2D eigenvalue weighted by Crippen LogP contribution is 2.31.